The van der Waals surface area contributed by atoms with Crippen LogP contribution in [0.3, 0.4) is 0 Å². The molecule has 3 rings (SSSR count). The van der Waals surface area contributed by atoms with Gasteiger partial charge < -0.3 is 10.5 Å². The molecule has 2 N–H and O–H groups in total. The lowest BCUT2D eigenvalue weighted by atomic mass is 9.86. The summed E-state index contributed by atoms with van der Waals surface area (Å²) in [6.45, 7) is 4.21. The molecule has 4 heteroatoms. The van der Waals surface area contributed by atoms with E-state index in [0.29, 0.717) is 5.56 Å². The predicted octanol–water partition coefficient (Wildman–Crippen LogP) is 5.00. The second-order valence-corrected chi connectivity index (χ2v) is 6.37. The van der Waals surface area contributed by atoms with Crippen LogP contribution in [-0.2, 0) is 0 Å². The first kappa shape index (κ1) is 17.5. The summed E-state index contributed by atoms with van der Waals surface area (Å²) in [6, 6.07) is 19.9. The van der Waals surface area contributed by atoms with Crippen molar-refractivity contribution < 1.29 is 4.74 Å². The summed E-state index contributed by atoms with van der Waals surface area (Å²) in [7, 11) is 1.63. The zero-order valence-electron chi connectivity index (χ0n) is 15.2. The van der Waals surface area contributed by atoms with Gasteiger partial charge in [-0.1, -0.05) is 56.3 Å². The lowest BCUT2D eigenvalue weighted by Gasteiger charge is -2.20. The molecular weight excluding hydrogens is 322 g/mol. The van der Waals surface area contributed by atoms with Gasteiger partial charge in [0, 0.05) is 11.1 Å². The first-order chi connectivity index (χ1) is 12.6. The summed E-state index contributed by atoms with van der Waals surface area (Å²) in [6.07, 6.45) is 0. The van der Waals surface area contributed by atoms with Crippen molar-refractivity contribution in [2.45, 2.75) is 19.8 Å². The molecule has 1 aromatic heterocycles. The highest BCUT2D eigenvalue weighted by atomic mass is 16.5. The number of rotatable bonds is 4. The number of nitriles is 1. The molecule has 0 saturated carbocycles. The van der Waals surface area contributed by atoms with E-state index in [1.807, 2.05) is 54.6 Å². The van der Waals surface area contributed by atoms with Crippen LogP contribution >= 0.6 is 0 Å². The second kappa shape index (κ2) is 7.28. The number of benzene rings is 2. The maximum absolute atomic E-state index is 9.73. The first-order valence-electron chi connectivity index (χ1n) is 8.50. The minimum absolute atomic E-state index is 0.169. The van der Waals surface area contributed by atoms with Crippen molar-refractivity contribution in [2.75, 3.05) is 12.8 Å². The van der Waals surface area contributed by atoms with Crippen LogP contribution in [-0.4, -0.2) is 12.1 Å². The Morgan fingerprint density at radius 3 is 2.19 bits per heavy atom. The van der Waals surface area contributed by atoms with E-state index in [9.17, 15) is 5.26 Å². The number of nitrogen functional groups attached to an aromatic ring is 1. The van der Waals surface area contributed by atoms with Gasteiger partial charge in [0.15, 0.2) is 0 Å². The van der Waals surface area contributed by atoms with Crippen LogP contribution in [0.1, 0.15) is 30.9 Å². The first-order valence-corrected chi connectivity index (χ1v) is 8.50. The monoisotopic (exact) mass is 343 g/mol. The van der Waals surface area contributed by atoms with E-state index in [1.54, 1.807) is 7.11 Å². The van der Waals surface area contributed by atoms with Gasteiger partial charge in [-0.25, -0.2) is 4.98 Å². The zero-order chi connectivity index (χ0) is 18.7. The van der Waals surface area contributed by atoms with Crippen LogP contribution in [0.5, 0.6) is 5.75 Å². The van der Waals surface area contributed by atoms with Crippen LogP contribution in [0, 0.1) is 11.3 Å². The smallest absolute Gasteiger partial charge is 0.142 e. The lowest BCUT2D eigenvalue weighted by molar-refractivity contribution is 0.415. The Bertz CT molecular complexity index is 955. The predicted molar refractivity (Wildman–Crippen MR) is 105 cm³/mol. The highest BCUT2D eigenvalue weighted by Crippen LogP contribution is 2.40. The van der Waals surface area contributed by atoms with Crippen molar-refractivity contribution >= 4 is 5.82 Å². The molecule has 0 fully saturated rings. The van der Waals surface area contributed by atoms with Crippen LogP contribution in [0.25, 0.3) is 22.4 Å². The largest absolute Gasteiger partial charge is 0.497 e. The van der Waals surface area contributed by atoms with Crippen molar-refractivity contribution in [2.24, 2.45) is 0 Å². The van der Waals surface area contributed by atoms with Gasteiger partial charge in [0.25, 0.3) is 0 Å². The summed E-state index contributed by atoms with van der Waals surface area (Å²) >= 11 is 0. The zero-order valence-corrected chi connectivity index (χ0v) is 15.2. The molecule has 0 amide bonds. The molecule has 26 heavy (non-hydrogen) atoms. The number of hydrogen-bond acceptors (Lipinski definition) is 4. The molecule has 0 bridgehead atoms. The molecule has 0 radical (unpaired) electrons. The molecule has 4 nitrogen and oxygen atoms in total. The Morgan fingerprint density at radius 1 is 1.00 bits per heavy atom. The lowest BCUT2D eigenvalue weighted by Crippen LogP contribution is -2.07. The maximum Gasteiger partial charge on any atom is 0.142 e. The molecule has 0 aliphatic heterocycles. The fraction of sp³-hybridized carbons (Fsp3) is 0.182. The molecule has 2 aromatic carbocycles. The third-order valence-corrected chi connectivity index (χ3v) is 4.38. The van der Waals surface area contributed by atoms with Gasteiger partial charge in [-0.15, -0.1) is 0 Å². The van der Waals surface area contributed by atoms with Crippen molar-refractivity contribution in [3.8, 4) is 34.2 Å². The average molecular weight is 343 g/mol. The maximum atomic E-state index is 9.73. The third kappa shape index (κ3) is 3.12. The fourth-order valence-electron chi connectivity index (χ4n) is 3.17. The summed E-state index contributed by atoms with van der Waals surface area (Å²) in [4.78, 5) is 4.59. The number of nitrogens with zero attached hydrogens (tertiary/aromatic N) is 2. The number of methoxy groups -OCH3 is 1. The van der Waals surface area contributed by atoms with E-state index in [4.69, 9.17) is 10.5 Å². The average Bonchev–Trinajstić information content (AvgIpc) is 2.67. The quantitative estimate of drug-likeness (QED) is 0.723. The van der Waals surface area contributed by atoms with Gasteiger partial charge >= 0.3 is 0 Å². The summed E-state index contributed by atoms with van der Waals surface area (Å²) in [5.41, 5.74) is 11.2. The molecule has 0 spiro atoms. The van der Waals surface area contributed by atoms with Gasteiger partial charge in [0.1, 0.15) is 23.2 Å². The van der Waals surface area contributed by atoms with Gasteiger partial charge in [-0.2, -0.15) is 5.26 Å². The molecule has 0 atom stereocenters. The van der Waals surface area contributed by atoms with Gasteiger partial charge in [-0.05, 0) is 29.2 Å². The number of pyridine rings is 1. The minimum atomic E-state index is 0.169. The summed E-state index contributed by atoms with van der Waals surface area (Å²) in [5, 5.41) is 9.73. The Hall–Kier alpha value is -3.32. The van der Waals surface area contributed by atoms with Crippen molar-refractivity contribution in [3.05, 3.63) is 65.7 Å². The molecule has 0 saturated heterocycles. The Kier molecular flexibility index (Phi) is 4.90. The van der Waals surface area contributed by atoms with Gasteiger partial charge in [0.2, 0.25) is 0 Å². The highest BCUT2D eigenvalue weighted by molar-refractivity contribution is 5.85. The normalized spacial score (nSPS) is 10.6. The van der Waals surface area contributed by atoms with Crippen LogP contribution in [0.4, 0.5) is 5.82 Å². The number of anilines is 1. The fourth-order valence-corrected chi connectivity index (χ4v) is 3.17. The minimum Gasteiger partial charge on any atom is -0.497 e. The van der Waals surface area contributed by atoms with E-state index in [1.165, 1.54) is 0 Å². The molecule has 1 heterocycles. The Balaban J connectivity index is 2.36. The van der Waals surface area contributed by atoms with Crippen molar-refractivity contribution in [1.82, 2.24) is 4.98 Å². The number of ether oxygens (including phenoxy) is 1. The summed E-state index contributed by atoms with van der Waals surface area (Å²) < 4.78 is 5.25. The molecular formula is C22H21N3O. The standard InChI is InChI=1S/C22H21N3O/c1-14(2)19-20(15-9-11-17(26-3)12-10-15)18(13-23)22(24)25-21(19)16-7-5-4-6-8-16/h4-12,14H,1-3H3,(H2,24,25). The number of hydrogen-bond donors (Lipinski definition) is 1. The van der Waals surface area contributed by atoms with Crippen LogP contribution < -0.4 is 10.5 Å². The molecule has 130 valence electrons. The third-order valence-electron chi connectivity index (χ3n) is 4.38. The van der Waals surface area contributed by atoms with Crippen LogP contribution in [0.15, 0.2) is 54.6 Å². The topological polar surface area (TPSA) is 71.9 Å². The van der Waals surface area contributed by atoms with E-state index in [2.05, 4.69) is 24.9 Å². The summed E-state index contributed by atoms with van der Waals surface area (Å²) in [5.74, 6) is 1.19. The van der Waals surface area contributed by atoms with Crippen LogP contribution in [0.2, 0.25) is 0 Å². The van der Waals surface area contributed by atoms with Gasteiger partial charge in [0.05, 0.1) is 12.8 Å². The Morgan fingerprint density at radius 2 is 1.65 bits per heavy atom. The van der Waals surface area contributed by atoms with Gasteiger partial charge in [-0.3, -0.25) is 0 Å². The molecule has 0 unspecified atom stereocenters. The highest BCUT2D eigenvalue weighted by Gasteiger charge is 2.22. The number of nitrogens with two attached hydrogens (primary N) is 1. The molecule has 3 aromatic rings. The Labute approximate surface area is 153 Å². The number of aromatic nitrogens is 1. The van der Waals surface area contributed by atoms with E-state index in [0.717, 1.165) is 33.7 Å². The van der Waals surface area contributed by atoms with Crippen molar-refractivity contribution in [1.29, 1.82) is 5.26 Å². The van der Waals surface area contributed by atoms with E-state index < -0.39 is 0 Å². The van der Waals surface area contributed by atoms with E-state index >= 15 is 0 Å². The molecule has 0 aliphatic carbocycles. The second-order valence-electron chi connectivity index (χ2n) is 6.37. The van der Waals surface area contributed by atoms with Crippen molar-refractivity contribution in [3.63, 3.8) is 0 Å². The molecule has 0 aliphatic rings. The SMILES string of the molecule is COc1ccc(-c2c(C#N)c(N)nc(-c3ccccc3)c2C(C)C)cc1. The van der Waals surface area contributed by atoms with E-state index in [-0.39, 0.29) is 11.7 Å².